The molecule has 0 saturated carbocycles. The Bertz CT molecular complexity index is 710. The number of likely N-dealkylation sites (tertiary alicyclic amines) is 1. The highest BCUT2D eigenvalue weighted by molar-refractivity contribution is 5.83. The molecule has 25 heavy (non-hydrogen) atoms. The van der Waals surface area contributed by atoms with Crippen molar-refractivity contribution in [3.8, 4) is 0 Å². The summed E-state index contributed by atoms with van der Waals surface area (Å²) in [6.45, 7) is 3.94. The van der Waals surface area contributed by atoms with Gasteiger partial charge in [-0.25, -0.2) is 4.98 Å². The van der Waals surface area contributed by atoms with E-state index in [0.29, 0.717) is 12.5 Å². The maximum absolute atomic E-state index is 12.0. The molecule has 0 aliphatic carbocycles. The van der Waals surface area contributed by atoms with Gasteiger partial charge in [0.15, 0.2) is 0 Å². The van der Waals surface area contributed by atoms with Gasteiger partial charge in [0.1, 0.15) is 12.4 Å². The number of hydrogen-bond acceptors (Lipinski definition) is 5. The lowest BCUT2D eigenvalue weighted by Crippen LogP contribution is -2.43. The van der Waals surface area contributed by atoms with E-state index >= 15 is 0 Å². The molecule has 7 heteroatoms. The molecule has 1 saturated heterocycles. The van der Waals surface area contributed by atoms with Gasteiger partial charge in [-0.1, -0.05) is 12.1 Å². The largest absolute Gasteiger partial charge is 0.465 e. The van der Waals surface area contributed by atoms with Crippen LogP contribution in [0.2, 0.25) is 0 Å². The van der Waals surface area contributed by atoms with Crippen molar-refractivity contribution in [2.24, 2.45) is 0 Å². The molecule has 2 aromatic rings. The van der Waals surface area contributed by atoms with Crippen molar-refractivity contribution in [1.82, 2.24) is 20.2 Å². The summed E-state index contributed by atoms with van der Waals surface area (Å²) in [4.78, 5) is 33.5. The van der Waals surface area contributed by atoms with E-state index in [-0.39, 0.29) is 19.0 Å². The number of piperidine rings is 1. The van der Waals surface area contributed by atoms with E-state index in [1.54, 1.807) is 6.92 Å². The zero-order chi connectivity index (χ0) is 17.6. The number of fused-ring (bicyclic) bond motifs is 1. The van der Waals surface area contributed by atoms with E-state index in [1.165, 1.54) is 0 Å². The lowest BCUT2D eigenvalue weighted by Gasteiger charge is -2.31. The Morgan fingerprint density at radius 3 is 3.04 bits per heavy atom. The number of nitrogens with zero attached hydrogens (tertiary/aromatic N) is 2. The van der Waals surface area contributed by atoms with E-state index in [4.69, 9.17) is 4.74 Å². The molecule has 0 spiro atoms. The smallest absolute Gasteiger partial charge is 0.325 e. The van der Waals surface area contributed by atoms with Gasteiger partial charge in [0.05, 0.1) is 24.2 Å². The van der Waals surface area contributed by atoms with Crippen LogP contribution >= 0.6 is 0 Å². The average molecular weight is 344 g/mol. The summed E-state index contributed by atoms with van der Waals surface area (Å²) in [5, 5.41) is 2.61. The van der Waals surface area contributed by atoms with Gasteiger partial charge in [-0.05, 0) is 38.4 Å². The van der Waals surface area contributed by atoms with Crippen molar-refractivity contribution in [3.63, 3.8) is 0 Å². The number of carbonyl (C=O) groups is 2. The first-order valence-electron chi connectivity index (χ1n) is 8.75. The van der Waals surface area contributed by atoms with Gasteiger partial charge >= 0.3 is 5.97 Å². The lowest BCUT2D eigenvalue weighted by atomic mass is 9.97. The van der Waals surface area contributed by atoms with Crippen LogP contribution in [-0.2, 0) is 14.3 Å². The number of ether oxygens (including phenoxy) is 1. The molecule has 3 rings (SSSR count). The fourth-order valence-electron chi connectivity index (χ4n) is 3.23. The number of hydrogen-bond donors (Lipinski definition) is 2. The lowest BCUT2D eigenvalue weighted by molar-refractivity contribution is -0.143. The van der Waals surface area contributed by atoms with Gasteiger partial charge < -0.3 is 15.0 Å². The molecule has 1 fully saturated rings. The summed E-state index contributed by atoms with van der Waals surface area (Å²) in [6, 6.07) is 7.99. The fourth-order valence-corrected chi connectivity index (χ4v) is 3.23. The van der Waals surface area contributed by atoms with Crippen LogP contribution in [0.3, 0.4) is 0 Å². The highest BCUT2D eigenvalue weighted by atomic mass is 16.5. The molecule has 0 bridgehead atoms. The molecule has 1 atom stereocenters. The molecular formula is C18H24N4O3. The second-order valence-corrected chi connectivity index (χ2v) is 6.30. The predicted molar refractivity (Wildman–Crippen MR) is 94.2 cm³/mol. The van der Waals surface area contributed by atoms with E-state index in [9.17, 15) is 9.59 Å². The van der Waals surface area contributed by atoms with Gasteiger partial charge in [0, 0.05) is 12.5 Å². The number of benzene rings is 1. The molecule has 1 unspecified atom stereocenters. The predicted octanol–water partition coefficient (Wildman–Crippen LogP) is 1.42. The average Bonchev–Trinajstić information content (AvgIpc) is 3.05. The normalized spacial score (nSPS) is 18.2. The van der Waals surface area contributed by atoms with Crippen molar-refractivity contribution in [3.05, 3.63) is 30.1 Å². The zero-order valence-corrected chi connectivity index (χ0v) is 14.5. The minimum absolute atomic E-state index is 0.0759. The van der Waals surface area contributed by atoms with Crippen molar-refractivity contribution in [2.45, 2.75) is 25.7 Å². The summed E-state index contributed by atoms with van der Waals surface area (Å²) >= 11 is 0. The Hall–Kier alpha value is -2.41. The molecule has 1 aliphatic rings. The number of rotatable bonds is 6. The van der Waals surface area contributed by atoms with Gasteiger partial charge in [0.25, 0.3) is 0 Å². The van der Waals surface area contributed by atoms with Crippen molar-refractivity contribution < 1.29 is 14.3 Å². The van der Waals surface area contributed by atoms with E-state index < -0.39 is 5.97 Å². The van der Waals surface area contributed by atoms with E-state index in [2.05, 4.69) is 20.2 Å². The molecule has 1 amide bonds. The van der Waals surface area contributed by atoms with E-state index in [1.807, 2.05) is 24.3 Å². The third kappa shape index (κ3) is 4.57. The van der Waals surface area contributed by atoms with Crippen LogP contribution in [0.4, 0.5) is 0 Å². The standard InChI is InChI=1S/C18H24N4O3/c1-2-25-17(24)10-19-16(23)12-22-9-5-6-13(11-22)18-20-14-7-3-4-8-15(14)21-18/h3-4,7-8,13H,2,5-6,9-12H2,1H3,(H,19,23)(H,20,21). The first-order chi connectivity index (χ1) is 12.2. The highest BCUT2D eigenvalue weighted by Crippen LogP contribution is 2.26. The molecule has 134 valence electrons. The Kier molecular flexibility index (Phi) is 5.65. The molecular weight excluding hydrogens is 320 g/mol. The zero-order valence-electron chi connectivity index (χ0n) is 14.5. The number of H-pyrrole nitrogens is 1. The highest BCUT2D eigenvalue weighted by Gasteiger charge is 2.25. The quantitative estimate of drug-likeness (QED) is 0.774. The number of amides is 1. The number of para-hydroxylation sites is 2. The fraction of sp³-hybridized carbons (Fsp3) is 0.500. The Morgan fingerprint density at radius 1 is 1.40 bits per heavy atom. The topological polar surface area (TPSA) is 87.3 Å². The minimum Gasteiger partial charge on any atom is -0.465 e. The SMILES string of the molecule is CCOC(=O)CNC(=O)CN1CCCC(c2nc3ccccc3[nH]2)C1. The summed E-state index contributed by atoms with van der Waals surface area (Å²) in [5.41, 5.74) is 2.02. The number of nitrogens with one attached hydrogen (secondary N) is 2. The van der Waals surface area contributed by atoms with E-state index in [0.717, 1.165) is 42.8 Å². The first-order valence-corrected chi connectivity index (χ1v) is 8.75. The molecule has 2 heterocycles. The minimum atomic E-state index is -0.408. The molecule has 1 aliphatic heterocycles. The number of aromatic nitrogens is 2. The van der Waals surface area contributed by atoms with Crippen LogP contribution in [0.15, 0.2) is 24.3 Å². The van der Waals surface area contributed by atoms with Crippen molar-refractivity contribution in [1.29, 1.82) is 0 Å². The maximum atomic E-state index is 12.0. The summed E-state index contributed by atoms with van der Waals surface area (Å²) in [6.07, 6.45) is 2.08. The summed E-state index contributed by atoms with van der Waals surface area (Å²) in [7, 11) is 0. The summed E-state index contributed by atoms with van der Waals surface area (Å²) < 4.78 is 4.81. The Balaban J connectivity index is 1.54. The first kappa shape index (κ1) is 17.4. The van der Waals surface area contributed by atoms with Gasteiger partial charge in [-0.15, -0.1) is 0 Å². The maximum Gasteiger partial charge on any atom is 0.325 e. The molecule has 2 N–H and O–H groups in total. The third-order valence-corrected chi connectivity index (χ3v) is 4.40. The van der Waals surface area contributed by atoms with Gasteiger partial charge in [-0.2, -0.15) is 0 Å². The van der Waals surface area contributed by atoms with Crippen molar-refractivity contribution >= 4 is 22.9 Å². The molecule has 0 radical (unpaired) electrons. The van der Waals surface area contributed by atoms with Crippen LogP contribution in [0.1, 0.15) is 31.5 Å². The van der Waals surface area contributed by atoms with Gasteiger partial charge in [-0.3, -0.25) is 14.5 Å². The summed E-state index contributed by atoms with van der Waals surface area (Å²) in [5.74, 6) is 0.713. The van der Waals surface area contributed by atoms with Crippen LogP contribution in [0.5, 0.6) is 0 Å². The number of esters is 1. The second-order valence-electron chi connectivity index (χ2n) is 6.30. The van der Waals surface area contributed by atoms with Gasteiger partial charge in [0.2, 0.25) is 5.91 Å². The molecule has 1 aromatic heterocycles. The monoisotopic (exact) mass is 344 g/mol. The van der Waals surface area contributed by atoms with Crippen LogP contribution in [-0.4, -0.2) is 59.5 Å². The Labute approximate surface area is 146 Å². The number of carbonyl (C=O) groups excluding carboxylic acids is 2. The van der Waals surface area contributed by atoms with Crippen LogP contribution < -0.4 is 5.32 Å². The second kappa shape index (κ2) is 8.11. The van der Waals surface area contributed by atoms with Crippen LogP contribution in [0, 0.1) is 0 Å². The molecule has 1 aromatic carbocycles. The third-order valence-electron chi connectivity index (χ3n) is 4.40. The number of aromatic amines is 1. The van der Waals surface area contributed by atoms with Crippen molar-refractivity contribution in [2.75, 3.05) is 32.8 Å². The Morgan fingerprint density at radius 2 is 2.24 bits per heavy atom. The number of imidazole rings is 1. The van der Waals surface area contributed by atoms with Crippen LogP contribution in [0.25, 0.3) is 11.0 Å². The molecule has 7 nitrogen and oxygen atoms in total.